The Hall–Kier alpha value is -2.39. The molecule has 3 heterocycles. The van der Waals surface area contributed by atoms with Crippen LogP contribution in [0.2, 0.25) is 0 Å². The molecule has 102 valence electrons. The number of anilines is 1. The summed E-state index contributed by atoms with van der Waals surface area (Å²) >= 11 is 0. The van der Waals surface area contributed by atoms with Gasteiger partial charge in [-0.25, -0.2) is 4.98 Å². The van der Waals surface area contributed by atoms with Gasteiger partial charge in [0.05, 0.1) is 12.1 Å². The molecule has 1 unspecified atom stereocenters. The van der Waals surface area contributed by atoms with Crippen LogP contribution < -0.4 is 10.6 Å². The Labute approximate surface area is 115 Å². The van der Waals surface area contributed by atoms with Crippen LogP contribution in [0, 0.1) is 17.2 Å². The molecule has 6 nitrogen and oxygen atoms in total. The lowest BCUT2D eigenvalue weighted by Crippen LogP contribution is -2.37. The SMILES string of the molecule is N#Cc1cc2cc(NC(=O)C3CCCNC3)ncc2o1. The highest BCUT2D eigenvalue weighted by atomic mass is 16.3. The number of carbonyl (C=O) groups excluding carboxylic acids is 1. The van der Waals surface area contributed by atoms with Gasteiger partial charge < -0.3 is 15.1 Å². The van der Waals surface area contributed by atoms with Crippen LogP contribution in [-0.2, 0) is 4.79 Å². The van der Waals surface area contributed by atoms with Gasteiger partial charge in [-0.2, -0.15) is 5.26 Å². The monoisotopic (exact) mass is 270 g/mol. The van der Waals surface area contributed by atoms with Crippen molar-refractivity contribution >= 4 is 22.7 Å². The second kappa shape index (κ2) is 5.31. The molecule has 2 N–H and O–H groups in total. The van der Waals surface area contributed by atoms with Crippen LogP contribution in [0.1, 0.15) is 18.6 Å². The Morgan fingerprint density at radius 1 is 1.55 bits per heavy atom. The van der Waals surface area contributed by atoms with Crippen LogP contribution in [0.25, 0.3) is 11.0 Å². The molecule has 0 aromatic carbocycles. The zero-order valence-corrected chi connectivity index (χ0v) is 10.8. The molecule has 0 radical (unpaired) electrons. The first-order chi connectivity index (χ1) is 9.76. The van der Waals surface area contributed by atoms with Crippen molar-refractivity contribution in [2.75, 3.05) is 18.4 Å². The highest BCUT2D eigenvalue weighted by Gasteiger charge is 2.21. The second-order valence-electron chi connectivity index (χ2n) is 4.86. The maximum atomic E-state index is 12.1. The van der Waals surface area contributed by atoms with Crippen molar-refractivity contribution in [2.24, 2.45) is 5.92 Å². The highest BCUT2D eigenvalue weighted by Crippen LogP contribution is 2.21. The summed E-state index contributed by atoms with van der Waals surface area (Å²) in [6.45, 7) is 1.68. The molecule has 0 bridgehead atoms. The van der Waals surface area contributed by atoms with E-state index in [2.05, 4.69) is 15.6 Å². The number of aromatic nitrogens is 1. The summed E-state index contributed by atoms with van der Waals surface area (Å²) in [5.41, 5.74) is 0.541. The molecule has 1 aliphatic rings. The molecule has 2 aromatic heterocycles. The van der Waals surface area contributed by atoms with Gasteiger partial charge in [-0.3, -0.25) is 4.79 Å². The third kappa shape index (κ3) is 2.49. The fraction of sp³-hybridized carbons (Fsp3) is 0.357. The van der Waals surface area contributed by atoms with Crippen molar-refractivity contribution in [2.45, 2.75) is 12.8 Å². The summed E-state index contributed by atoms with van der Waals surface area (Å²) in [6.07, 6.45) is 3.42. The molecular weight excluding hydrogens is 256 g/mol. The lowest BCUT2D eigenvalue weighted by molar-refractivity contribution is -0.120. The number of nitrogens with one attached hydrogen (secondary N) is 2. The number of fused-ring (bicyclic) bond motifs is 1. The van der Waals surface area contributed by atoms with E-state index in [0.29, 0.717) is 17.9 Å². The number of carbonyl (C=O) groups is 1. The maximum absolute atomic E-state index is 12.1. The quantitative estimate of drug-likeness (QED) is 0.865. The highest BCUT2D eigenvalue weighted by molar-refractivity contribution is 5.93. The number of hydrogen-bond acceptors (Lipinski definition) is 5. The average molecular weight is 270 g/mol. The van der Waals surface area contributed by atoms with Crippen LogP contribution in [0.3, 0.4) is 0 Å². The molecule has 1 amide bonds. The van der Waals surface area contributed by atoms with Gasteiger partial charge in [0.25, 0.3) is 0 Å². The zero-order valence-electron chi connectivity index (χ0n) is 10.8. The minimum absolute atomic E-state index is 0.0136. The molecule has 1 aliphatic heterocycles. The van der Waals surface area contributed by atoms with E-state index in [1.807, 2.05) is 6.07 Å². The van der Waals surface area contributed by atoms with Crippen molar-refractivity contribution in [3.05, 3.63) is 24.1 Å². The molecule has 6 heteroatoms. The summed E-state index contributed by atoms with van der Waals surface area (Å²) < 4.78 is 5.25. The number of nitriles is 1. The molecule has 1 fully saturated rings. The van der Waals surface area contributed by atoms with E-state index in [1.54, 1.807) is 12.1 Å². The largest absolute Gasteiger partial charge is 0.444 e. The Kier molecular flexibility index (Phi) is 3.35. The molecule has 1 saturated heterocycles. The van der Waals surface area contributed by atoms with E-state index in [4.69, 9.17) is 9.68 Å². The van der Waals surface area contributed by atoms with Crippen molar-refractivity contribution in [3.8, 4) is 6.07 Å². The number of pyridine rings is 1. The fourth-order valence-corrected chi connectivity index (χ4v) is 2.37. The Morgan fingerprint density at radius 3 is 3.20 bits per heavy atom. The van der Waals surface area contributed by atoms with E-state index < -0.39 is 0 Å². The molecule has 0 aliphatic carbocycles. The lowest BCUT2D eigenvalue weighted by Gasteiger charge is -2.21. The van der Waals surface area contributed by atoms with Crippen molar-refractivity contribution in [1.82, 2.24) is 10.3 Å². The van der Waals surface area contributed by atoms with E-state index in [0.717, 1.165) is 24.8 Å². The number of furan rings is 1. The lowest BCUT2D eigenvalue weighted by atomic mass is 9.99. The number of hydrogen-bond donors (Lipinski definition) is 2. The third-order valence-corrected chi connectivity index (χ3v) is 3.43. The van der Waals surface area contributed by atoms with E-state index in [-0.39, 0.29) is 17.6 Å². The first-order valence-corrected chi connectivity index (χ1v) is 6.57. The number of rotatable bonds is 2. The smallest absolute Gasteiger partial charge is 0.229 e. The summed E-state index contributed by atoms with van der Waals surface area (Å²) in [6, 6.07) is 5.29. The molecule has 0 saturated carbocycles. The summed E-state index contributed by atoms with van der Waals surface area (Å²) in [5, 5.41) is 15.6. The zero-order chi connectivity index (χ0) is 13.9. The molecule has 0 spiro atoms. The summed E-state index contributed by atoms with van der Waals surface area (Å²) in [4.78, 5) is 16.2. The Morgan fingerprint density at radius 2 is 2.45 bits per heavy atom. The maximum Gasteiger partial charge on any atom is 0.229 e. The van der Waals surface area contributed by atoms with Gasteiger partial charge in [0.2, 0.25) is 11.7 Å². The summed E-state index contributed by atoms with van der Waals surface area (Å²) in [5.74, 6) is 0.688. The van der Waals surface area contributed by atoms with Crippen LogP contribution in [0.5, 0.6) is 0 Å². The van der Waals surface area contributed by atoms with Crippen LogP contribution in [-0.4, -0.2) is 24.0 Å². The molecule has 1 atom stereocenters. The standard InChI is InChI=1S/C14H14N4O2/c15-6-11-4-10-5-13(17-8-12(10)20-11)18-14(19)9-2-1-3-16-7-9/h4-5,8-9,16H,1-3,7H2,(H,17,18,19). The van der Waals surface area contributed by atoms with Crippen molar-refractivity contribution < 1.29 is 9.21 Å². The van der Waals surface area contributed by atoms with Gasteiger partial charge in [0.15, 0.2) is 5.58 Å². The van der Waals surface area contributed by atoms with Gasteiger partial charge in [0.1, 0.15) is 11.9 Å². The summed E-state index contributed by atoms with van der Waals surface area (Å²) in [7, 11) is 0. The molecule has 3 rings (SSSR count). The van der Waals surface area contributed by atoms with Gasteiger partial charge in [-0.05, 0) is 25.5 Å². The predicted molar refractivity (Wildman–Crippen MR) is 72.9 cm³/mol. The topological polar surface area (TPSA) is 91.0 Å². The van der Waals surface area contributed by atoms with Gasteiger partial charge in [-0.1, -0.05) is 0 Å². The Balaban J connectivity index is 1.76. The number of nitrogens with zero attached hydrogens (tertiary/aromatic N) is 2. The molecule has 2 aromatic rings. The molecular formula is C14H14N4O2. The minimum atomic E-state index is -0.0203. The first kappa shape index (κ1) is 12.6. The van der Waals surface area contributed by atoms with Crippen LogP contribution >= 0.6 is 0 Å². The van der Waals surface area contributed by atoms with E-state index in [9.17, 15) is 4.79 Å². The third-order valence-electron chi connectivity index (χ3n) is 3.43. The van der Waals surface area contributed by atoms with Crippen molar-refractivity contribution in [3.63, 3.8) is 0 Å². The van der Waals surface area contributed by atoms with Gasteiger partial charge in [0, 0.05) is 18.0 Å². The normalized spacial score (nSPS) is 18.6. The van der Waals surface area contributed by atoms with E-state index in [1.165, 1.54) is 6.20 Å². The van der Waals surface area contributed by atoms with E-state index >= 15 is 0 Å². The second-order valence-corrected chi connectivity index (χ2v) is 4.86. The van der Waals surface area contributed by atoms with Gasteiger partial charge in [-0.15, -0.1) is 0 Å². The van der Waals surface area contributed by atoms with Crippen LogP contribution in [0.4, 0.5) is 5.82 Å². The first-order valence-electron chi connectivity index (χ1n) is 6.57. The number of amides is 1. The minimum Gasteiger partial charge on any atom is -0.444 e. The molecule has 20 heavy (non-hydrogen) atoms. The predicted octanol–water partition coefficient (Wildman–Crippen LogP) is 1.64. The van der Waals surface area contributed by atoms with Crippen molar-refractivity contribution in [1.29, 1.82) is 5.26 Å². The average Bonchev–Trinajstić information content (AvgIpc) is 2.90. The number of piperidine rings is 1. The Bertz CT molecular complexity index is 680. The van der Waals surface area contributed by atoms with Gasteiger partial charge >= 0.3 is 0 Å². The van der Waals surface area contributed by atoms with Crippen LogP contribution in [0.15, 0.2) is 22.7 Å². The fourth-order valence-electron chi connectivity index (χ4n) is 2.37.